The fourth-order valence-corrected chi connectivity index (χ4v) is 1.33. The van der Waals surface area contributed by atoms with Crippen LogP contribution in [0.25, 0.3) is 0 Å². The molecule has 1 heterocycles. The lowest BCUT2D eigenvalue weighted by Crippen LogP contribution is -2.45. The van der Waals surface area contributed by atoms with Gasteiger partial charge in [0, 0.05) is 6.42 Å². The summed E-state index contributed by atoms with van der Waals surface area (Å²) >= 11 is 0. The number of carboxylic acids is 1. The van der Waals surface area contributed by atoms with Crippen molar-refractivity contribution >= 4 is 17.8 Å². The number of nitrogens with one attached hydrogen (secondary N) is 1. The van der Waals surface area contributed by atoms with Crippen LogP contribution in [0.15, 0.2) is 0 Å². The molecule has 3 atom stereocenters. The maximum absolute atomic E-state index is 11.4. The lowest BCUT2D eigenvalue weighted by atomic mass is 10.2. The van der Waals surface area contributed by atoms with Crippen molar-refractivity contribution in [2.45, 2.75) is 38.0 Å². The molecular formula is C9H14N2O5. The Hall–Kier alpha value is -1.63. The molecule has 0 unspecified atom stereocenters. The second kappa shape index (κ2) is 4.93. The topological polar surface area (TPSA) is 119 Å². The average Bonchev–Trinajstić information content (AvgIpc) is 2.63. The number of aliphatic carboxylic acids is 1. The molecule has 0 radical (unpaired) electrons. The van der Waals surface area contributed by atoms with Gasteiger partial charge < -0.3 is 20.9 Å². The van der Waals surface area contributed by atoms with Crippen molar-refractivity contribution in [1.82, 2.24) is 5.32 Å². The number of rotatable bonds is 4. The van der Waals surface area contributed by atoms with Crippen LogP contribution in [0.5, 0.6) is 0 Å². The van der Waals surface area contributed by atoms with Crippen molar-refractivity contribution < 1.29 is 24.2 Å². The number of carbonyl (C=O) groups excluding carboxylic acids is 2. The van der Waals surface area contributed by atoms with Gasteiger partial charge in [-0.15, -0.1) is 0 Å². The molecule has 1 amide bonds. The van der Waals surface area contributed by atoms with Gasteiger partial charge in [0.15, 0.2) is 0 Å². The summed E-state index contributed by atoms with van der Waals surface area (Å²) in [6, 6.07) is -1.95. The summed E-state index contributed by atoms with van der Waals surface area (Å²) in [5.41, 5.74) is 5.27. The highest BCUT2D eigenvalue weighted by atomic mass is 16.5. The van der Waals surface area contributed by atoms with E-state index in [4.69, 9.17) is 15.6 Å². The highest BCUT2D eigenvalue weighted by Crippen LogP contribution is 2.10. The van der Waals surface area contributed by atoms with Gasteiger partial charge in [-0.2, -0.15) is 0 Å². The molecule has 0 aromatic carbocycles. The van der Waals surface area contributed by atoms with E-state index in [0.717, 1.165) is 0 Å². The number of esters is 1. The molecule has 90 valence electrons. The average molecular weight is 230 g/mol. The molecule has 4 N–H and O–H groups in total. The third kappa shape index (κ3) is 2.93. The predicted octanol–water partition coefficient (Wildman–Crippen LogP) is -1.39. The summed E-state index contributed by atoms with van der Waals surface area (Å²) < 4.78 is 4.85. The Balaban J connectivity index is 2.45. The molecular weight excluding hydrogens is 216 g/mol. The maximum Gasteiger partial charge on any atom is 0.328 e. The van der Waals surface area contributed by atoms with E-state index in [-0.39, 0.29) is 12.3 Å². The number of carbonyl (C=O) groups is 3. The lowest BCUT2D eigenvalue weighted by molar-refractivity contribution is -0.155. The quantitative estimate of drug-likeness (QED) is 0.511. The first-order valence-corrected chi connectivity index (χ1v) is 4.90. The second-order valence-electron chi connectivity index (χ2n) is 3.66. The summed E-state index contributed by atoms with van der Waals surface area (Å²) in [6.07, 6.45) is -0.284. The zero-order valence-corrected chi connectivity index (χ0v) is 8.80. The number of hydrogen-bond acceptors (Lipinski definition) is 5. The molecule has 0 bridgehead atoms. The van der Waals surface area contributed by atoms with Gasteiger partial charge in [0.05, 0.1) is 0 Å². The SMILES string of the molecule is C[C@@H](OC(=O)[C@@H]1CCC(=O)N1)[C@H](N)C(=O)O. The highest BCUT2D eigenvalue weighted by molar-refractivity contribution is 5.88. The maximum atomic E-state index is 11.4. The standard InChI is InChI=1S/C9H14N2O5/c1-4(7(10)8(13)14)16-9(15)5-2-3-6(12)11-5/h4-5,7H,2-3,10H2,1H3,(H,11,12)(H,13,14)/t4-,5+,7+/m1/s1. The Morgan fingerprint density at radius 3 is 2.69 bits per heavy atom. The fourth-order valence-electron chi connectivity index (χ4n) is 1.33. The Morgan fingerprint density at radius 2 is 2.25 bits per heavy atom. The van der Waals surface area contributed by atoms with E-state index in [9.17, 15) is 14.4 Å². The number of nitrogens with two attached hydrogens (primary N) is 1. The van der Waals surface area contributed by atoms with Gasteiger partial charge in [-0.25, -0.2) is 4.79 Å². The van der Waals surface area contributed by atoms with E-state index in [0.29, 0.717) is 6.42 Å². The molecule has 1 fully saturated rings. The zero-order chi connectivity index (χ0) is 12.3. The van der Waals surface area contributed by atoms with Crippen LogP contribution in [0.3, 0.4) is 0 Å². The van der Waals surface area contributed by atoms with Crippen LogP contribution >= 0.6 is 0 Å². The van der Waals surface area contributed by atoms with E-state index in [1.165, 1.54) is 6.92 Å². The molecule has 1 saturated heterocycles. The first-order valence-electron chi connectivity index (χ1n) is 4.90. The van der Waals surface area contributed by atoms with E-state index in [1.807, 2.05) is 0 Å². The van der Waals surface area contributed by atoms with Crippen molar-refractivity contribution in [2.24, 2.45) is 5.73 Å². The van der Waals surface area contributed by atoms with Crippen LogP contribution in [-0.2, 0) is 19.1 Å². The largest absolute Gasteiger partial charge is 0.480 e. The van der Waals surface area contributed by atoms with Crippen LogP contribution in [0.4, 0.5) is 0 Å². The van der Waals surface area contributed by atoms with Crippen molar-refractivity contribution in [3.8, 4) is 0 Å². The van der Waals surface area contributed by atoms with Crippen molar-refractivity contribution in [3.63, 3.8) is 0 Å². The van der Waals surface area contributed by atoms with Crippen LogP contribution in [0, 0.1) is 0 Å². The minimum atomic E-state index is -1.26. The highest BCUT2D eigenvalue weighted by Gasteiger charge is 2.31. The van der Waals surface area contributed by atoms with Gasteiger partial charge in [0.25, 0.3) is 0 Å². The molecule has 0 aromatic heterocycles. The van der Waals surface area contributed by atoms with Gasteiger partial charge in [-0.05, 0) is 13.3 Å². The molecule has 7 nitrogen and oxygen atoms in total. The van der Waals surface area contributed by atoms with Crippen LogP contribution < -0.4 is 11.1 Å². The summed E-state index contributed by atoms with van der Waals surface area (Å²) in [6.45, 7) is 1.40. The molecule has 7 heteroatoms. The molecule has 0 saturated carbocycles. The van der Waals surface area contributed by atoms with E-state index in [2.05, 4.69) is 5.32 Å². The van der Waals surface area contributed by atoms with E-state index in [1.54, 1.807) is 0 Å². The van der Waals surface area contributed by atoms with Crippen LogP contribution in [-0.4, -0.2) is 41.1 Å². The minimum absolute atomic E-state index is 0.211. The van der Waals surface area contributed by atoms with Gasteiger partial charge in [0.2, 0.25) is 5.91 Å². The Kier molecular flexibility index (Phi) is 3.83. The van der Waals surface area contributed by atoms with E-state index < -0.39 is 30.1 Å². The number of amides is 1. The molecule has 0 spiro atoms. The first-order chi connectivity index (χ1) is 7.41. The van der Waals surface area contributed by atoms with E-state index >= 15 is 0 Å². The summed E-state index contributed by atoms with van der Waals surface area (Å²) in [5.74, 6) is -2.09. The molecule has 16 heavy (non-hydrogen) atoms. The third-order valence-electron chi connectivity index (χ3n) is 2.37. The summed E-state index contributed by atoms with van der Waals surface area (Å²) in [5, 5.41) is 11.0. The normalized spacial score (nSPS) is 23.4. The molecule has 1 aliphatic rings. The van der Waals surface area contributed by atoms with Gasteiger partial charge in [0.1, 0.15) is 18.2 Å². The van der Waals surface area contributed by atoms with Crippen LogP contribution in [0.2, 0.25) is 0 Å². The second-order valence-corrected chi connectivity index (χ2v) is 3.66. The van der Waals surface area contributed by atoms with Crippen molar-refractivity contribution in [3.05, 3.63) is 0 Å². The zero-order valence-electron chi connectivity index (χ0n) is 8.80. The minimum Gasteiger partial charge on any atom is -0.480 e. The van der Waals surface area contributed by atoms with Crippen LogP contribution in [0.1, 0.15) is 19.8 Å². The van der Waals surface area contributed by atoms with Crippen molar-refractivity contribution in [2.75, 3.05) is 0 Å². The molecule has 1 rings (SSSR count). The number of hydrogen-bond donors (Lipinski definition) is 3. The summed E-state index contributed by atoms with van der Waals surface area (Å²) in [4.78, 5) is 32.8. The smallest absolute Gasteiger partial charge is 0.328 e. The Morgan fingerprint density at radius 1 is 1.62 bits per heavy atom. The number of carboxylic acid groups (broad SMARTS) is 1. The Bertz CT molecular complexity index is 317. The molecule has 1 aliphatic heterocycles. The predicted molar refractivity (Wildman–Crippen MR) is 52.3 cm³/mol. The van der Waals surface area contributed by atoms with Gasteiger partial charge in [-0.3, -0.25) is 9.59 Å². The third-order valence-corrected chi connectivity index (χ3v) is 2.37. The first kappa shape index (κ1) is 12.4. The molecule has 0 aliphatic carbocycles. The Labute approximate surface area is 91.9 Å². The van der Waals surface area contributed by atoms with Gasteiger partial charge >= 0.3 is 11.9 Å². The monoisotopic (exact) mass is 230 g/mol. The van der Waals surface area contributed by atoms with Crippen molar-refractivity contribution in [1.29, 1.82) is 0 Å². The fraction of sp³-hybridized carbons (Fsp3) is 0.667. The molecule has 0 aromatic rings. The lowest BCUT2D eigenvalue weighted by Gasteiger charge is -2.18. The number of ether oxygens (including phenoxy) is 1. The summed E-state index contributed by atoms with van der Waals surface area (Å²) in [7, 11) is 0. The van der Waals surface area contributed by atoms with Gasteiger partial charge in [-0.1, -0.05) is 0 Å².